The van der Waals surface area contributed by atoms with Gasteiger partial charge in [-0.05, 0) is 33.1 Å². The summed E-state index contributed by atoms with van der Waals surface area (Å²) in [5.41, 5.74) is 6.91. The Hall–Kier alpha value is -1.14. The van der Waals surface area contributed by atoms with Crippen LogP contribution in [-0.2, 0) is 11.3 Å². The SMILES string of the molecule is Cc1csc(=O)n1CCC(=O)N1CCCCC1C(C)N. The minimum atomic E-state index is 0.00450. The maximum atomic E-state index is 12.4. The molecule has 1 saturated heterocycles. The fourth-order valence-corrected chi connectivity index (χ4v) is 3.60. The Kier molecular flexibility index (Phi) is 4.99. The highest BCUT2D eigenvalue weighted by atomic mass is 32.1. The Bertz CT molecular complexity index is 521. The minimum Gasteiger partial charge on any atom is -0.338 e. The van der Waals surface area contributed by atoms with Crippen LogP contribution in [0.2, 0.25) is 0 Å². The number of thiazole rings is 1. The molecule has 1 aliphatic heterocycles. The van der Waals surface area contributed by atoms with E-state index in [9.17, 15) is 9.59 Å². The number of nitrogens with two attached hydrogens (primary N) is 1. The van der Waals surface area contributed by atoms with E-state index in [-0.39, 0.29) is 22.9 Å². The summed E-state index contributed by atoms with van der Waals surface area (Å²) in [6.45, 7) is 5.12. The van der Waals surface area contributed by atoms with E-state index in [1.165, 1.54) is 11.3 Å². The molecule has 0 spiro atoms. The molecule has 1 aromatic heterocycles. The Morgan fingerprint density at radius 3 is 2.90 bits per heavy atom. The molecule has 2 unspecified atom stereocenters. The molecule has 2 rings (SSSR count). The van der Waals surface area contributed by atoms with Crippen LogP contribution in [0.15, 0.2) is 10.2 Å². The van der Waals surface area contributed by atoms with E-state index >= 15 is 0 Å². The number of hydrogen-bond acceptors (Lipinski definition) is 4. The maximum absolute atomic E-state index is 12.4. The molecule has 1 fully saturated rings. The van der Waals surface area contributed by atoms with Crippen LogP contribution in [0.4, 0.5) is 0 Å². The predicted molar refractivity (Wildman–Crippen MR) is 80.9 cm³/mol. The lowest BCUT2D eigenvalue weighted by atomic mass is 9.96. The van der Waals surface area contributed by atoms with Crippen molar-refractivity contribution in [1.29, 1.82) is 0 Å². The molecule has 1 aliphatic rings. The molecular formula is C14H23N3O2S. The second kappa shape index (κ2) is 6.54. The Morgan fingerprint density at radius 2 is 2.30 bits per heavy atom. The maximum Gasteiger partial charge on any atom is 0.307 e. The lowest BCUT2D eigenvalue weighted by Gasteiger charge is -2.38. The van der Waals surface area contributed by atoms with Crippen LogP contribution in [0.5, 0.6) is 0 Å². The number of carbonyl (C=O) groups excluding carboxylic acids is 1. The number of aromatic nitrogens is 1. The molecule has 0 radical (unpaired) electrons. The number of nitrogens with zero attached hydrogens (tertiary/aromatic N) is 2. The van der Waals surface area contributed by atoms with Gasteiger partial charge in [0, 0.05) is 42.7 Å². The highest BCUT2D eigenvalue weighted by Crippen LogP contribution is 2.20. The number of aryl methyl sites for hydroxylation is 1. The molecule has 0 aliphatic carbocycles. The number of likely N-dealkylation sites (tertiary alicyclic amines) is 1. The third kappa shape index (κ3) is 3.30. The summed E-state index contributed by atoms with van der Waals surface area (Å²) in [6.07, 6.45) is 3.55. The Balaban J connectivity index is 1.98. The van der Waals surface area contributed by atoms with Gasteiger partial charge in [-0.25, -0.2) is 0 Å². The summed E-state index contributed by atoms with van der Waals surface area (Å²) in [7, 11) is 0. The zero-order chi connectivity index (χ0) is 14.7. The van der Waals surface area contributed by atoms with Crippen LogP contribution in [-0.4, -0.2) is 34.0 Å². The fourth-order valence-electron chi connectivity index (χ4n) is 2.84. The molecule has 112 valence electrons. The van der Waals surface area contributed by atoms with E-state index in [1.807, 2.05) is 24.1 Å². The van der Waals surface area contributed by atoms with Crippen molar-refractivity contribution in [2.24, 2.45) is 5.73 Å². The first-order valence-corrected chi connectivity index (χ1v) is 8.08. The molecule has 2 N–H and O–H groups in total. The van der Waals surface area contributed by atoms with E-state index < -0.39 is 0 Å². The summed E-state index contributed by atoms with van der Waals surface area (Å²) < 4.78 is 1.67. The second-order valence-corrected chi connectivity index (χ2v) is 6.37. The van der Waals surface area contributed by atoms with Gasteiger partial charge in [0.1, 0.15) is 0 Å². The van der Waals surface area contributed by atoms with Gasteiger partial charge in [-0.2, -0.15) is 0 Å². The van der Waals surface area contributed by atoms with Gasteiger partial charge in [0.2, 0.25) is 5.91 Å². The molecule has 1 aromatic rings. The van der Waals surface area contributed by atoms with E-state index in [1.54, 1.807) is 4.57 Å². The third-order valence-electron chi connectivity index (χ3n) is 4.00. The van der Waals surface area contributed by atoms with Gasteiger partial charge in [-0.15, -0.1) is 0 Å². The van der Waals surface area contributed by atoms with E-state index in [4.69, 9.17) is 5.73 Å². The van der Waals surface area contributed by atoms with E-state index in [0.29, 0.717) is 13.0 Å². The average Bonchev–Trinajstić information content (AvgIpc) is 2.75. The number of hydrogen-bond donors (Lipinski definition) is 1. The van der Waals surface area contributed by atoms with Gasteiger partial charge in [0.15, 0.2) is 0 Å². The monoisotopic (exact) mass is 297 g/mol. The van der Waals surface area contributed by atoms with Crippen molar-refractivity contribution in [3.8, 4) is 0 Å². The third-order valence-corrected chi connectivity index (χ3v) is 4.88. The van der Waals surface area contributed by atoms with Crippen molar-refractivity contribution in [2.75, 3.05) is 6.54 Å². The number of amides is 1. The number of carbonyl (C=O) groups is 1. The zero-order valence-corrected chi connectivity index (χ0v) is 13.0. The van der Waals surface area contributed by atoms with E-state index in [2.05, 4.69) is 0 Å². The summed E-state index contributed by atoms with van der Waals surface area (Å²) in [5.74, 6) is 0.115. The van der Waals surface area contributed by atoms with Crippen molar-refractivity contribution < 1.29 is 4.79 Å². The van der Waals surface area contributed by atoms with Gasteiger partial charge >= 0.3 is 4.87 Å². The van der Waals surface area contributed by atoms with Crippen LogP contribution in [0.3, 0.4) is 0 Å². The molecule has 5 nitrogen and oxygen atoms in total. The standard InChI is InChI=1S/C14H23N3O2S/c1-10-9-20-14(19)16(10)8-6-13(18)17-7-4-3-5-12(17)11(2)15/h9,11-12H,3-8,15H2,1-2H3. The largest absolute Gasteiger partial charge is 0.338 e. The highest BCUT2D eigenvalue weighted by molar-refractivity contribution is 7.07. The molecule has 0 bridgehead atoms. The quantitative estimate of drug-likeness (QED) is 0.912. The van der Waals surface area contributed by atoms with Crippen molar-refractivity contribution in [1.82, 2.24) is 9.47 Å². The van der Waals surface area contributed by atoms with Crippen LogP contribution in [0.1, 0.15) is 38.3 Å². The van der Waals surface area contributed by atoms with Gasteiger partial charge < -0.3 is 15.2 Å². The van der Waals surface area contributed by atoms with Crippen LogP contribution >= 0.6 is 11.3 Å². The van der Waals surface area contributed by atoms with Gasteiger partial charge in [-0.1, -0.05) is 11.3 Å². The smallest absolute Gasteiger partial charge is 0.307 e. The van der Waals surface area contributed by atoms with Crippen LogP contribution in [0, 0.1) is 6.92 Å². The summed E-state index contributed by atoms with van der Waals surface area (Å²) in [4.78, 5) is 26.0. The molecule has 0 saturated carbocycles. The highest BCUT2D eigenvalue weighted by Gasteiger charge is 2.28. The summed E-state index contributed by atoms with van der Waals surface area (Å²) in [6, 6.07) is 0.154. The average molecular weight is 297 g/mol. The van der Waals surface area contributed by atoms with Crippen molar-refractivity contribution in [3.05, 3.63) is 20.7 Å². The lowest BCUT2D eigenvalue weighted by Crippen LogP contribution is -2.51. The van der Waals surface area contributed by atoms with Gasteiger partial charge in [0.25, 0.3) is 0 Å². The first-order chi connectivity index (χ1) is 9.50. The van der Waals surface area contributed by atoms with Crippen molar-refractivity contribution >= 4 is 17.2 Å². The topological polar surface area (TPSA) is 68.3 Å². The summed E-state index contributed by atoms with van der Waals surface area (Å²) >= 11 is 1.19. The van der Waals surface area contributed by atoms with E-state index in [0.717, 1.165) is 31.5 Å². The van der Waals surface area contributed by atoms with Crippen molar-refractivity contribution in [3.63, 3.8) is 0 Å². The molecule has 0 aromatic carbocycles. The number of rotatable bonds is 4. The molecular weight excluding hydrogens is 274 g/mol. The number of piperidine rings is 1. The molecule has 1 amide bonds. The molecule has 2 atom stereocenters. The van der Waals surface area contributed by atoms with Gasteiger partial charge in [-0.3, -0.25) is 9.59 Å². The molecule has 6 heteroatoms. The normalized spacial score (nSPS) is 20.9. The first-order valence-electron chi connectivity index (χ1n) is 7.20. The predicted octanol–water partition coefficient (Wildman–Crippen LogP) is 1.34. The Labute approximate surface area is 123 Å². The molecule has 20 heavy (non-hydrogen) atoms. The second-order valence-electron chi connectivity index (χ2n) is 5.55. The first kappa shape index (κ1) is 15.3. The van der Waals surface area contributed by atoms with Crippen LogP contribution in [0.25, 0.3) is 0 Å². The Morgan fingerprint density at radius 1 is 1.55 bits per heavy atom. The van der Waals surface area contributed by atoms with Gasteiger partial charge in [0.05, 0.1) is 0 Å². The lowest BCUT2D eigenvalue weighted by molar-refractivity contribution is -0.135. The summed E-state index contributed by atoms with van der Waals surface area (Å²) in [5, 5.41) is 1.83. The minimum absolute atomic E-state index is 0.00450. The zero-order valence-electron chi connectivity index (χ0n) is 12.2. The molecule has 2 heterocycles. The van der Waals surface area contributed by atoms with Crippen LogP contribution < -0.4 is 10.6 Å². The van der Waals surface area contributed by atoms with Crippen molar-refractivity contribution in [2.45, 2.75) is 58.2 Å². The fraction of sp³-hybridized carbons (Fsp3) is 0.714.